The average molecular weight is 448 g/mol. The van der Waals surface area contributed by atoms with Crippen molar-refractivity contribution in [3.8, 4) is 16.9 Å². The number of piperazine rings is 1. The first-order valence-electron chi connectivity index (χ1n) is 9.25. The van der Waals surface area contributed by atoms with Gasteiger partial charge in [-0.15, -0.1) is 24.8 Å². The van der Waals surface area contributed by atoms with Crippen molar-refractivity contribution in [2.24, 2.45) is 0 Å². The largest absolute Gasteiger partial charge is 0.477 e. The highest BCUT2D eigenvalue weighted by molar-refractivity contribution is 5.88. The van der Waals surface area contributed by atoms with Crippen molar-refractivity contribution < 1.29 is 9.90 Å². The first-order chi connectivity index (χ1) is 13.6. The van der Waals surface area contributed by atoms with E-state index in [4.69, 9.17) is 0 Å². The molecule has 2 heterocycles. The molecular formula is C22H23Cl2N3O3. The van der Waals surface area contributed by atoms with E-state index in [0.717, 1.165) is 43.1 Å². The van der Waals surface area contributed by atoms with E-state index in [1.165, 1.54) is 12.3 Å². The Morgan fingerprint density at radius 2 is 1.50 bits per heavy atom. The number of halogens is 2. The molecule has 1 fully saturated rings. The fourth-order valence-corrected chi connectivity index (χ4v) is 3.49. The highest BCUT2D eigenvalue weighted by atomic mass is 35.5. The normalized spacial score (nSPS) is 13.1. The van der Waals surface area contributed by atoms with Gasteiger partial charge in [0, 0.05) is 49.8 Å². The molecular weight excluding hydrogens is 425 g/mol. The number of aromatic nitrogens is 1. The first kappa shape index (κ1) is 23.5. The predicted molar refractivity (Wildman–Crippen MR) is 124 cm³/mol. The predicted octanol–water partition coefficient (Wildman–Crippen LogP) is 3.46. The molecule has 6 nitrogen and oxygen atoms in total. The van der Waals surface area contributed by atoms with Crippen molar-refractivity contribution >= 4 is 36.5 Å². The Labute approximate surface area is 187 Å². The molecule has 1 aliphatic rings. The fourth-order valence-electron chi connectivity index (χ4n) is 3.49. The molecule has 0 saturated carbocycles. The van der Waals surface area contributed by atoms with Crippen LogP contribution in [0.2, 0.25) is 0 Å². The molecule has 1 aliphatic heterocycles. The third-order valence-corrected chi connectivity index (χ3v) is 4.96. The lowest BCUT2D eigenvalue weighted by Crippen LogP contribution is -2.43. The number of aromatic carboxylic acids is 1. The van der Waals surface area contributed by atoms with E-state index in [-0.39, 0.29) is 30.4 Å². The Hall–Kier alpha value is -2.80. The highest BCUT2D eigenvalue weighted by Gasteiger charge is 2.15. The molecule has 1 saturated heterocycles. The molecule has 8 heteroatoms. The van der Waals surface area contributed by atoms with Crippen molar-refractivity contribution in [3.63, 3.8) is 0 Å². The van der Waals surface area contributed by atoms with Gasteiger partial charge in [0.2, 0.25) is 0 Å². The number of benzene rings is 2. The zero-order valence-corrected chi connectivity index (χ0v) is 17.8. The minimum Gasteiger partial charge on any atom is -0.477 e. The molecule has 2 aromatic carbocycles. The Balaban J connectivity index is 0.00000160. The lowest BCUT2D eigenvalue weighted by molar-refractivity contribution is 0.0695. The van der Waals surface area contributed by atoms with Gasteiger partial charge in [0.05, 0.1) is 5.69 Å². The van der Waals surface area contributed by atoms with Gasteiger partial charge in [0.15, 0.2) is 5.43 Å². The second kappa shape index (κ2) is 10.3. The summed E-state index contributed by atoms with van der Waals surface area (Å²) < 4.78 is 1.77. The minimum absolute atomic E-state index is 0. The molecule has 0 atom stereocenters. The van der Waals surface area contributed by atoms with Gasteiger partial charge in [-0.3, -0.25) is 4.79 Å². The molecule has 0 amide bonds. The maximum Gasteiger partial charge on any atom is 0.341 e. The topological polar surface area (TPSA) is 74.6 Å². The summed E-state index contributed by atoms with van der Waals surface area (Å²) in [6.07, 6.45) is 1.41. The van der Waals surface area contributed by atoms with Gasteiger partial charge >= 0.3 is 5.97 Å². The van der Waals surface area contributed by atoms with Gasteiger partial charge in [0.25, 0.3) is 0 Å². The van der Waals surface area contributed by atoms with E-state index >= 15 is 0 Å². The summed E-state index contributed by atoms with van der Waals surface area (Å²) in [6.45, 7) is 3.83. The summed E-state index contributed by atoms with van der Waals surface area (Å²) in [4.78, 5) is 26.1. The molecule has 3 aromatic rings. The quantitative estimate of drug-likeness (QED) is 0.640. The van der Waals surface area contributed by atoms with Gasteiger partial charge in [-0.2, -0.15) is 0 Å². The summed E-state index contributed by atoms with van der Waals surface area (Å²) in [5.74, 6) is -1.23. The van der Waals surface area contributed by atoms with E-state index < -0.39 is 11.4 Å². The van der Waals surface area contributed by atoms with Crippen LogP contribution in [0, 0.1) is 0 Å². The number of hydrogen-bond donors (Lipinski definition) is 2. The van der Waals surface area contributed by atoms with Crippen LogP contribution in [0.3, 0.4) is 0 Å². The molecule has 158 valence electrons. The number of hydrogen-bond acceptors (Lipinski definition) is 4. The Kier molecular flexibility index (Phi) is 8.06. The van der Waals surface area contributed by atoms with E-state index in [1.54, 1.807) is 4.57 Å². The van der Waals surface area contributed by atoms with E-state index in [9.17, 15) is 14.7 Å². The summed E-state index contributed by atoms with van der Waals surface area (Å²) in [5.41, 5.74) is 2.70. The van der Waals surface area contributed by atoms with Crippen molar-refractivity contribution in [3.05, 3.63) is 82.6 Å². The number of pyridine rings is 1. The molecule has 0 unspecified atom stereocenters. The SMILES string of the molecule is Cl.Cl.O=C(O)c1cn(-c2ccc(N3CCNCC3)cc2)c(-c2ccccc2)cc1=O. The van der Waals surface area contributed by atoms with Crippen molar-refractivity contribution in [1.82, 2.24) is 9.88 Å². The number of anilines is 1. The third kappa shape index (κ3) is 4.84. The highest BCUT2D eigenvalue weighted by Crippen LogP contribution is 2.24. The Bertz CT molecular complexity index is 1050. The van der Waals surface area contributed by atoms with E-state index in [2.05, 4.69) is 10.2 Å². The lowest BCUT2D eigenvalue weighted by Gasteiger charge is -2.29. The number of rotatable bonds is 4. The van der Waals surface area contributed by atoms with Gasteiger partial charge < -0.3 is 19.9 Å². The van der Waals surface area contributed by atoms with Crippen LogP contribution in [-0.4, -0.2) is 41.8 Å². The van der Waals surface area contributed by atoms with Crippen LogP contribution in [0.5, 0.6) is 0 Å². The molecule has 0 aliphatic carbocycles. The van der Waals surface area contributed by atoms with Gasteiger partial charge in [0.1, 0.15) is 5.56 Å². The monoisotopic (exact) mass is 447 g/mol. The number of carboxylic acids is 1. The molecule has 30 heavy (non-hydrogen) atoms. The lowest BCUT2D eigenvalue weighted by atomic mass is 10.1. The zero-order valence-electron chi connectivity index (χ0n) is 16.2. The van der Waals surface area contributed by atoms with Crippen LogP contribution >= 0.6 is 24.8 Å². The molecule has 1 aromatic heterocycles. The van der Waals surface area contributed by atoms with Crippen molar-refractivity contribution in [1.29, 1.82) is 0 Å². The zero-order chi connectivity index (χ0) is 19.5. The second-order valence-corrected chi connectivity index (χ2v) is 6.73. The number of carbonyl (C=O) groups is 1. The second-order valence-electron chi connectivity index (χ2n) is 6.73. The number of nitrogens with one attached hydrogen (secondary N) is 1. The molecule has 4 rings (SSSR count). The maximum absolute atomic E-state index is 12.3. The van der Waals surface area contributed by atoms with Crippen LogP contribution < -0.4 is 15.6 Å². The van der Waals surface area contributed by atoms with Crippen LogP contribution in [0.25, 0.3) is 16.9 Å². The summed E-state index contributed by atoms with van der Waals surface area (Å²) in [6, 6.07) is 18.9. The number of nitrogens with zero attached hydrogens (tertiary/aromatic N) is 2. The third-order valence-electron chi connectivity index (χ3n) is 4.96. The Morgan fingerprint density at radius 1 is 0.900 bits per heavy atom. The fraction of sp³-hybridized carbons (Fsp3) is 0.182. The van der Waals surface area contributed by atoms with Crippen LogP contribution in [0.15, 0.2) is 71.7 Å². The standard InChI is InChI=1S/C22H21N3O3.2ClH/c26-21-14-20(16-4-2-1-3-5-16)25(15-19(21)22(27)28)18-8-6-17(7-9-18)24-12-10-23-11-13-24;;/h1-9,14-15,23H,10-13H2,(H,27,28);2*1H. The van der Waals surface area contributed by atoms with Gasteiger partial charge in [-0.1, -0.05) is 30.3 Å². The van der Waals surface area contributed by atoms with Crippen LogP contribution in [0.4, 0.5) is 5.69 Å². The maximum atomic E-state index is 12.3. The van der Waals surface area contributed by atoms with E-state index in [0.29, 0.717) is 5.69 Å². The van der Waals surface area contributed by atoms with Gasteiger partial charge in [-0.25, -0.2) is 4.79 Å². The summed E-state index contributed by atoms with van der Waals surface area (Å²) >= 11 is 0. The Morgan fingerprint density at radius 3 is 2.10 bits per heavy atom. The number of carboxylic acid groups (broad SMARTS) is 1. The van der Waals surface area contributed by atoms with Gasteiger partial charge in [-0.05, 0) is 29.8 Å². The van der Waals surface area contributed by atoms with Crippen molar-refractivity contribution in [2.45, 2.75) is 0 Å². The smallest absolute Gasteiger partial charge is 0.341 e. The van der Waals surface area contributed by atoms with Crippen LogP contribution in [-0.2, 0) is 0 Å². The van der Waals surface area contributed by atoms with E-state index in [1.807, 2.05) is 54.6 Å². The molecule has 0 bridgehead atoms. The minimum atomic E-state index is -1.23. The van der Waals surface area contributed by atoms with Crippen molar-refractivity contribution in [2.75, 3.05) is 31.1 Å². The van der Waals surface area contributed by atoms with Crippen LogP contribution in [0.1, 0.15) is 10.4 Å². The molecule has 2 N–H and O–H groups in total. The summed E-state index contributed by atoms with van der Waals surface area (Å²) in [7, 11) is 0. The first-order valence-corrected chi connectivity index (χ1v) is 9.25. The summed E-state index contributed by atoms with van der Waals surface area (Å²) in [5, 5.41) is 12.7. The average Bonchev–Trinajstić information content (AvgIpc) is 2.75. The molecule has 0 radical (unpaired) electrons. The molecule has 0 spiro atoms.